The summed E-state index contributed by atoms with van der Waals surface area (Å²) in [6.45, 7) is 7.14. The van der Waals surface area contributed by atoms with Gasteiger partial charge in [0.05, 0.1) is 11.6 Å². The Kier molecular flexibility index (Phi) is 3.73. The Morgan fingerprint density at radius 3 is 2.80 bits per heavy atom. The fourth-order valence-electron chi connectivity index (χ4n) is 3.20. The maximum Gasteiger partial charge on any atom is 0.159 e. The van der Waals surface area contributed by atoms with Crippen LogP contribution in [0.3, 0.4) is 0 Å². The minimum Gasteiger partial charge on any atom is -0.310 e. The molecule has 0 amide bonds. The van der Waals surface area contributed by atoms with E-state index in [4.69, 9.17) is 16.6 Å². The summed E-state index contributed by atoms with van der Waals surface area (Å²) in [6.07, 6.45) is 2.53. The van der Waals surface area contributed by atoms with Crippen LogP contribution < -0.4 is 0 Å². The van der Waals surface area contributed by atoms with Gasteiger partial charge in [-0.1, -0.05) is 0 Å². The zero-order chi connectivity index (χ0) is 14.3. The highest BCUT2D eigenvalue weighted by Crippen LogP contribution is 2.24. The summed E-state index contributed by atoms with van der Waals surface area (Å²) in [5, 5.41) is 4.57. The van der Waals surface area contributed by atoms with E-state index in [2.05, 4.69) is 28.5 Å². The van der Waals surface area contributed by atoms with Gasteiger partial charge >= 0.3 is 0 Å². The summed E-state index contributed by atoms with van der Waals surface area (Å²) in [5.41, 5.74) is 3.12. The molecule has 0 spiro atoms. The van der Waals surface area contributed by atoms with Crippen LogP contribution in [0, 0.1) is 6.92 Å². The van der Waals surface area contributed by atoms with Gasteiger partial charge in [-0.15, -0.1) is 11.6 Å². The predicted octanol–water partition coefficient (Wildman–Crippen LogP) is 2.39. The molecule has 0 radical (unpaired) electrons. The molecule has 1 fully saturated rings. The Balaban J connectivity index is 2.06. The van der Waals surface area contributed by atoms with Gasteiger partial charge in [0.1, 0.15) is 11.3 Å². The van der Waals surface area contributed by atoms with Gasteiger partial charge < -0.3 is 9.47 Å². The lowest BCUT2D eigenvalue weighted by molar-refractivity contribution is 0.281. The largest absolute Gasteiger partial charge is 0.310 e. The Morgan fingerprint density at radius 1 is 1.40 bits per heavy atom. The number of aryl methyl sites for hydroxylation is 2. The maximum absolute atomic E-state index is 6.10. The van der Waals surface area contributed by atoms with Crippen LogP contribution in [0.25, 0.3) is 11.2 Å². The highest BCUT2D eigenvalue weighted by Gasteiger charge is 2.25. The van der Waals surface area contributed by atoms with Crippen molar-refractivity contribution in [3.05, 3.63) is 11.5 Å². The molecule has 110 valence electrons. The van der Waals surface area contributed by atoms with Crippen molar-refractivity contribution in [2.75, 3.05) is 13.6 Å². The van der Waals surface area contributed by atoms with Gasteiger partial charge in [-0.25, -0.2) is 9.67 Å². The van der Waals surface area contributed by atoms with Crippen LogP contribution in [0.1, 0.15) is 31.3 Å². The van der Waals surface area contributed by atoms with Gasteiger partial charge in [0, 0.05) is 19.1 Å². The quantitative estimate of drug-likeness (QED) is 0.813. The van der Waals surface area contributed by atoms with Crippen LogP contribution in [0.15, 0.2) is 0 Å². The molecule has 3 rings (SSSR count). The summed E-state index contributed by atoms with van der Waals surface area (Å²) in [4.78, 5) is 7.13. The number of nitrogens with zero attached hydrogens (tertiary/aromatic N) is 5. The molecule has 1 unspecified atom stereocenters. The van der Waals surface area contributed by atoms with Crippen molar-refractivity contribution >= 4 is 22.8 Å². The number of hydrogen-bond donors (Lipinski definition) is 0. The number of likely N-dealkylation sites (N-methyl/N-ethyl adjacent to an activating group) is 1. The number of hydrogen-bond acceptors (Lipinski definition) is 3. The van der Waals surface area contributed by atoms with Crippen molar-refractivity contribution in [2.45, 2.75) is 51.7 Å². The average Bonchev–Trinajstić information content (AvgIpc) is 3.08. The van der Waals surface area contributed by atoms with Crippen LogP contribution >= 0.6 is 11.6 Å². The van der Waals surface area contributed by atoms with Gasteiger partial charge in [-0.2, -0.15) is 5.10 Å². The molecule has 1 saturated heterocycles. The Bertz CT molecular complexity index is 615. The Hall–Kier alpha value is -1.07. The van der Waals surface area contributed by atoms with Crippen molar-refractivity contribution in [3.63, 3.8) is 0 Å². The van der Waals surface area contributed by atoms with E-state index < -0.39 is 0 Å². The number of aromatic nitrogens is 4. The molecule has 1 aliphatic heterocycles. The molecule has 2 aromatic rings. The SMILES string of the molecule is CCn1nc(C)c2nc(CCl)n(CC3CCCN3C)c21. The minimum atomic E-state index is 0.453. The van der Waals surface area contributed by atoms with E-state index in [1.54, 1.807) is 0 Å². The molecule has 1 atom stereocenters. The van der Waals surface area contributed by atoms with E-state index in [0.29, 0.717) is 11.9 Å². The summed E-state index contributed by atoms with van der Waals surface area (Å²) in [6, 6.07) is 0.579. The lowest BCUT2D eigenvalue weighted by Gasteiger charge is -2.21. The number of rotatable bonds is 4. The van der Waals surface area contributed by atoms with E-state index in [1.807, 2.05) is 11.6 Å². The topological polar surface area (TPSA) is 38.9 Å². The maximum atomic E-state index is 6.10. The molecule has 0 saturated carbocycles. The summed E-state index contributed by atoms with van der Waals surface area (Å²) >= 11 is 6.10. The van der Waals surface area contributed by atoms with Crippen molar-refractivity contribution in [3.8, 4) is 0 Å². The van der Waals surface area contributed by atoms with E-state index in [9.17, 15) is 0 Å². The number of imidazole rings is 1. The molecule has 6 heteroatoms. The summed E-state index contributed by atoms with van der Waals surface area (Å²) < 4.78 is 4.32. The second-order valence-electron chi connectivity index (χ2n) is 5.62. The number of fused-ring (bicyclic) bond motifs is 1. The lowest BCUT2D eigenvalue weighted by atomic mass is 10.2. The lowest BCUT2D eigenvalue weighted by Crippen LogP contribution is -2.30. The first-order chi connectivity index (χ1) is 9.65. The Morgan fingerprint density at radius 2 is 2.20 bits per heavy atom. The third-order valence-electron chi connectivity index (χ3n) is 4.36. The fraction of sp³-hybridized carbons (Fsp3) is 0.714. The standard InChI is InChI=1S/C14H22ClN5/c1-4-20-14-13(10(2)17-20)16-12(8-15)19(14)9-11-6-5-7-18(11)3/h11H,4-9H2,1-3H3. The third-order valence-corrected chi connectivity index (χ3v) is 4.60. The molecule has 0 aliphatic carbocycles. The molecule has 3 heterocycles. The minimum absolute atomic E-state index is 0.453. The van der Waals surface area contributed by atoms with E-state index in [1.165, 1.54) is 19.4 Å². The highest BCUT2D eigenvalue weighted by molar-refractivity contribution is 6.16. The summed E-state index contributed by atoms with van der Waals surface area (Å²) in [7, 11) is 2.20. The molecule has 1 aliphatic rings. The van der Waals surface area contributed by atoms with Crippen LogP contribution in [-0.4, -0.2) is 43.9 Å². The zero-order valence-electron chi connectivity index (χ0n) is 12.4. The molecule has 2 aromatic heterocycles. The molecule has 20 heavy (non-hydrogen) atoms. The van der Waals surface area contributed by atoms with Gasteiger partial charge in [0.2, 0.25) is 0 Å². The normalized spacial score (nSPS) is 20.3. The average molecular weight is 296 g/mol. The molecule has 0 aromatic carbocycles. The van der Waals surface area contributed by atoms with Crippen LogP contribution in [-0.2, 0) is 19.0 Å². The predicted molar refractivity (Wildman–Crippen MR) is 81.1 cm³/mol. The van der Waals surface area contributed by atoms with Crippen molar-refractivity contribution < 1.29 is 0 Å². The monoisotopic (exact) mass is 295 g/mol. The number of alkyl halides is 1. The van der Waals surface area contributed by atoms with Crippen LogP contribution in [0.5, 0.6) is 0 Å². The molecular formula is C14H22ClN5. The van der Waals surface area contributed by atoms with Crippen molar-refractivity contribution in [2.24, 2.45) is 0 Å². The second kappa shape index (κ2) is 5.37. The van der Waals surface area contributed by atoms with E-state index in [0.717, 1.165) is 35.8 Å². The van der Waals surface area contributed by atoms with Gasteiger partial charge in [-0.3, -0.25) is 0 Å². The van der Waals surface area contributed by atoms with Crippen molar-refractivity contribution in [1.29, 1.82) is 0 Å². The van der Waals surface area contributed by atoms with E-state index >= 15 is 0 Å². The third kappa shape index (κ3) is 2.13. The van der Waals surface area contributed by atoms with Gasteiger partial charge in [-0.05, 0) is 40.3 Å². The highest BCUT2D eigenvalue weighted by atomic mass is 35.5. The molecule has 0 N–H and O–H groups in total. The Labute approximate surface area is 124 Å². The fourth-order valence-corrected chi connectivity index (χ4v) is 3.41. The van der Waals surface area contributed by atoms with E-state index in [-0.39, 0.29) is 0 Å². The van der Waals surface area contributed by atoms with Crippen molar-refractivity contribution in [1.82, 2.24) is 24.2 Å². The first-order valence-corrected chi connectivity index (χ1v) is 7.87. The van der Waals surface area contributed by atoms with Gasteiger partial charge in [0.25, 0.3) is 0 Å². The first-order valence-electron chi connectivity index (χ1n) is 7.34. The molecule has 5 nitrogen and oxygen atoms in total. The zero-order valence-corrected chi connectivity index (χ0v) is 13.2. The molecule has 0 bridgehead atoms. The first kappa shape index (κ1) is 13.9. The molecular weight excluding hydrogens is 274 g/mol. The summed E-state index contributed by atoms with van der Waals surface area (Å²) in [5.74, 6) is 1.42. The van der Waals surface area contributed by atoms with Crippen LogP contribution in [0.2, 0.25) is 0 Å². The number of likely N-dealkylation sites (tertiary alicyclic amines) is 1. The van der Waals surface area contributed by atoms with Gasteiger partial charge in [0.15, 0.2) is 5.65 Å². The smallest absolute Gasteiger partial charge is 0.159 e. The number of halogens is 1. The second-order valence-corrected chi connectivity index (χ2v) is 5.89. The van der Waals surface area contributed by atoms with Crippen LogP contribution in [0.4, 0.5) is 0 Å².